The van der Waals surface area contributed by atoms with Gasteiger partial charge >= 0.3 is 0 Å². The Bertz CT molecular complexity index is 736. The molecule has 5 rings (SSSR count). The first-order chi connectivity index (χ1) is 12.2. The molecule has 0 saturated carbocycles. The second-order valence-corrected chi connectivity index (χ2v) is 9.22. The molecule has 0 aromatic carbocycles. The Morgan fingerprint density at radius 2 is 2.20 bits per heavy atom. The molecule has 0 spiro atoms. The molecular weight excluding hydrogens is 352 g/mol. The molecule has 3 aliphatic heterocycles. The number of aromatic nitrogens is 2. The van der Waals surface area contributed by atoms with E-state index in [9.17, 15) is 4.79 Å². The van der Waals surface area contributed by atoms with Crippen molar-refractivity contribution in [2.45, 2.75) is 30.0 Å². The minimum atomic E-state index is 0.198. The van der Waals surface area contributed by atoms with E-state index >= 15 is 0 Å². The number of carbonyl (C=O) groups is 1. The first kappa shape index (κ1) is 16.8. The lowest BCUT2D eigenvalue weighted by molar-refractivity contribution is 0.0597. The summed E-state index contributed by atoms with van der Waals surface area (Å²) in [7, 11) is 0. The van der Waals surface area contributed by atoms with Crippen molar-refractivity contribution in [3.8, 4) is 0 Å². The Hall–Kier alpha value is -1.60. The van der Waals surface area contributed by atoms with Crippen LogP contribution < -0.4 is 4.90 Å². The van der Waals surface area contributed by atoms with Crippen LogP contribution in [0.2, 0.25) is 0 Å². The van der Waals surface area contributed by atoms with Crippen LogP contribution >= 0.6 is 23.1 Å². The van der Waals surface area contributed by atoms with Gasteiger partial charge in [-0.3, -0.25) is 9.78 Å². The van der Waals surface area contributed by atoms with Crippen molar-refractivity contribution >= 4 is 34.8 Å². The van der Waals surface area contributed by atoms with Gasteiger partial charge in [0, 0.05) is 38.1 Å². The first-order valence-electron chi connectivity index (χ1n) is 8.79. The van der Waals surface area contributed by atoms with Crippen molar-refractivity contribution in [1.29, 1.82) is 0 Å². The van der Waals surface area contributed by atoms with E-state index in [2.05, 4.69) is 32.8 Å². The lowest BCUT2D eigenvalue weighted by Crippen LogP contribution is -2.47. The number of fused-ring (bicyclic) bond motifs is 4. The lowest BCUT2D eigenvalue weighted by Gasteiger charge is -2.35. The number of rotatable bonds is 4. The SMILES string of the molecule is CCSc1ccc(C(=O)N2CC3CCC2CN(c2cnccn2)C3)s1. The summed E-state index contributed by atoms with van der Waals surface area (Å²) in [6.07, 6.45) is 7.53. The van der Waals surface area contributed by atoms with Gasteiger partial charge in [0.05, 0.1) is 15.3 Å². The molecule has 2 aromatic heterocycles. The van der Waals surface area contributed by atoms with Crippen molar-refractivity contribution in [2.24, 2.45) is 5.92 Å². The molecule has 7 heteroatoms. The van der Waals surface area contributed by atoms with E-state index in [1.807, 2.05) is 12.3 Å². The van der Waals surface area contributed by atoms with Gasteiger partial charge in [-0.1, -0.05) is 6.92 Å². The topological polar surface area (TPSA) is 49.3 Å². The van der Waals surface area contributed by atoms with Crippen LogP contribution in [0.1, 0.15) is 29.4 Å². The van der Waals surface area contributed by atoms with Crippen LogP contribution in [0.3, 0.4) is 0 Å². The summed E-state index contributed by atoms with van der Waals surface area (Å²) in [6.45, 7) is 4.80. The van der Waals surface area contributed by atoms with Crippen LogP contribution in [0, 0.1) is 5.92 Å². The zero-order valence-corrected chi connectivity index (χ0v) is 15.9. The number of nitrogens with zero attached hydrogens (tertiary/aromatic N) is 4. The molecule has 0 aliphatic carbocycles. The van der Waals surface area contributed by atoms with Crippen LogP contribution in [0.5, 0.6) is 0 Å². The maximum absolute atomic E-state index is 13.1. The van der Waals surface area contributed by atoms with Gasteiger partial charge in [0.1, 0.15) is 5.82 Å². The Kier molecular flexibility index (Phi) is 4.94. The van der Waals surface area contributed by atoms with Crippen LogP contribution in [0.4, 0.5) is 5.82 Å². The highest BCUT2D eigenvalue weighted by Gasteiger charge is 2.38. The van der Waals surface area contributed by atoms with Crippen molar-refractivity contribution in [1.82, 2.24) is 14.9 Å². The lowest BCUT2D eigenvalue weighted by atomic mass is 9.95. The average Bonchev–Trinajstić information content (AvgIpc) is 2.92. The number of amides is 1. The van der Waals surface area contributed by atoms with Gasteiger partial charge < -0.3 is 9.80 Å². The molecule has 132 valence electrons. The predicted octanol–water partition coefficient (Wildman–Crippen LogP) is 3.39. The van der Waals surface area contributed by atoms with E-state index in [-0.39, 0.29) is 11.9 Å². The molecule has 0 radical (unpaired) electrons. The number of thiophene rings is 1. The van der Waals surface area contributed by atoms with Gasteiger partial charge in [-0.05, 0) is 36.6 Å². The van der Waals surface area contributed by atoms with E-state index in [0.29, 0.717) is 5.92 Å². The summed E-state index contributed by atoms with van der Waals surface area (Å²) >= 11 is 3.43. The van der Waals surface area contributed by atoms with Crippen molar-refractivity contribution in [3.63, 3.8) is 0 Å². The van der Waals surface area contributed by atoms with Crippen molar-refractivity contribution < 1.29 is 4.79 Å². The third-order valence-electron chi connectivity index (χ3n) is 4.93. The van der Waals surface area contributed by atoms with Gasteiger partial charge in [0.2, 0.25) is 0 Å². The second-order valence-electron chi connectivity index (χ2n) is 6.58. The highest BCUT2D eigenvalue weighted by atomic mass is 32.2. The van der Waals surface area contributed by atoms with E-state index in [1.165, 1.54) is 10.6 Å². The largest absolute Gasteiger partial charge is 0.353 e. The minimum absolute atomic E-state index is 0.198. The number of anilines is 1. The number of carbonyl (C=O) groups excluding carboxylic acids is 1. The van der Waals surface area contributed by atoms with E-state index < -0.39 is 0 Å². The average molecular weight is 375 g/mol. The highest BCUT2D eigenvalue weighted by molar-refractivity contribution is 8.01. The maximum Gasteiger partial charge on any atom is 0.264 e. The predicted molar refractivity (Wildman–Crippen MR) is 103 cm³/mol. The van der Waals surface area contributed by atoms with E-state index in [1.54, 1.807) is 35.5 Å². The fourth-order valence-corrected chi connectivity index (χ4v) is 5.77. The summed E-state index contributed by atoms with van der Waals surface area (Å²) in [6, 6.07) is 4.33. The fourth-order valence-electron chi connectivity index (χ4n) is 3.77. The van der Waals surface area contributed by atoms with Gasteiger partial charge in [-0.2, -0.15) is 0 Å². The summed E-state index contributed by atoms with van der Waals surface area (Å²) in [4.78, 5) is 27.0. The number of hydrogen-bond acceptors (Lipinski definition) is 6. The molecule has 3 fully saturated rings. The third kappa shape index (κ3) is 3.53. The molecule has 5 nitrogen and oxygen atoms in total. The molecule has 25 heavy (non-hydrogen) atoms. The number of piperidine rings is 1. The van der Waals surface area contributed by atoms with E-state index in [4.69, 9.17) is 0 Å². The Labute approximate surface area is 156 Å². The summed E-state index contributed by atoms with van der Waals surface area (Å²) in [5.74, 6) is 2.67. The standard InChI is InChI=1S/C18H22N4OS2/c1-2-24-17-6-5-15(25-17)18(23)22-11-13-3-4-14(22)12-21(10-13)16-9-19-7-8-20-16/h5-9,13-14H,2-4,10-12H2,1H3. The highest BCUT2D eigenvalue weighted by Crippen LogP contribution is 2.33. The van der Waals surface area contributed by atoms with Gasteiger partial charge in [-0.15, -0.1) is 23.1 Å². The smallest absolute Gasteiger partial charge is 0.264 e. The zero-order chi connectivity index (χ0) is 17.2. The minimum Gasteiger partial charge on any atom is -0.353 e. The molecule has 3 aliphatic rings. The van der Waals surface area contributed by atoms with E-state index in [0.717, 1.165) is 42.5 Å². The van der Waals surface area contributed by atoms with Crippen LogP contribution in [-0.4, -0.2) is 52.2 Å². The number of hydrogen-bond donors (Lipinski definition) is 0. The van der Waals surface area contributed by atoms with Crippen LogP contribution in [0.15, 0.2) is 34.9 Å². The quantitative estimate of drug-likeness (QED) is 0.768. The third-order valence-corrected chi connectivity index (χ3v) is 7.11. The van der Waals surface area contributed by atoms with Crippen LogP contribution in [0.25, 0.3) is 0 Å². The summed E-state index contributed by atoms with van der Waals surface area (Å²) in [5, 5.41) is 0. The Morgan fingerprint density at radius 1 is 1.28 bits per heavy atom. The van der Waals surface area contributed by atoms with Crippen molar-refractivity contribution in [3.05, 3.63) is 35.6 Å². The normalized spacial score (nSPS) is 22.9. The molecule has 1 amide bonds. The molecular formula is C18H22N4OS2. The molecule has 2 unspecified atom stereocenters. The summed E-state index contributed by atoms with van der Waals surface area (Å²) < 4.78 is 1.23. The first-order valence-corrected chi connectivity index (χ1v) is 10.6. The Balaban J connectivity index is 1.53. The second kappa shape index (κ2) is 7.33. The molecule has 5 heterocycles. The Morgan fingerprint density at radius 3 is 3.00 bits per heavy atom. The zero-order valence-electron chi connectivity index (χ0n) is 14.3. The van der Waals surface area contributed by atoms with Gasteiger partial charge in [-0.25, -0.2) is 4.98 Å². The molecule has 3 saturated heterocycles. The maximum atomic E-state index is 13.1. The molecule has 0 N–H and O–H groups in total. The van der Waals surface area contributed by atoms with Gasteiger partial charge in [0.15, 0.2) is 0 Å². The van der Waals surface area contributed by atoms with Crippen molar-refractivity contribution in [2.75, 3.05) is 30.3 Å². The summed E-state index contributed by atoms with van der Waals surface area (Å²) in [5.41, 5.74) is 0. The van der Waals surface area contributed by atoms with Crippen LogP contribution in [-0.2, 0) is 0 Å². The number of thioether (sulfide) groups is 1. The molecule has 2 atom stereocenters. The molecule has 2 aromatic rings. The molecule has 2 bridgehead atoms. The van der Waals surface area contributed by atoms with Gasteiger partial charge in [0.25, 0.3) is 5.91 Å². The monoisotopic (exact) mass is 374 g/mol. The fraction of sp³-hybridized carbons (Fsp3) is 0.500.